The molecule has 2 amide bonds. The first-order valence-corrected chi connectivity index (χ1v) is 11.8. The minimum atomic E-state index is -0.969. The van der Waals surface area contributed by atoms with Crippen molar-refractivity contribution in [3.63, 3.8) is 0 Å². The van der Waals surface area contributed by atoms with E-state index < -0.39 is 6.09 Å². The number of fused-ring (bicyclic) bond motifs is 6. The van der Waals surface area contributed by atoms with Gasteiger partial charge in [0.1, 0.15) is 10.8 Å². The standard InChI is InChI=1S/C24H24ClN7O4/c25-19-13-27-23-29-18-9-15(11-26-12-18)1-2-16-10-17(28-22(19)30-23)3-4-20(16)36-14-21(33)31-5-7-32(8-6-31)24(34)35/h3-4,9-13H,1-2,5-8,14H2,(H,34,35)(H2,27,28,29,30). The third kappa shape index (κ3) is 5.41. The molecule has 3 N–H and O–H groups in total. The summed E-state index contributed by atoms with van der Waals surface area (Å²) in [6.07, 6.45) is 5.41. The molecule has 2 aliphatic rings. The number of rotatable bonds is 3. The van der Waals surface area contributed by atoms with Crippen LogP contribution in [0.4, 0.5) is 27.9 Å². The van der Waals surface area contributed by atoms with Crippen LogP contribution < -0.4 is 15.4 Å². The van der Waals surface area contributed by atoms with E-state index in [-0.39, 0.29) is 12.5 Å². The second-order valence-corrected chi connectivity index (χ2v) is 8.89. The maximum Gasteiger partial charge on any atom is 0.407 e. The largest absolute Gasteiger partial charge is 0.483 e. The summed E-state index contributed by atoms with van der Waals surface area (Å²) in [5.74, 6) is 1.27. The van der Waals surface area contributed by atoms with Crippen molar-refractivity contribution >= 4 is 46.7 Å². The monoisotopic (exact) mass is 509 g/mol. The molecule has 0 unspecified atom stereocenters. The van der Waals surface area contributed by atoms with Crippen molar-refractivity contribution in [1.29, 1.82) is 0 Å². The lowest BCUT2D eigenvalue weighted by molar-refractivity contribution is -0.134. The van der Waals surface area contributed by atoms with Crippen LogP contribution in [0.15, 0.2) is 42.9 Å². The van der Waals surface area contributed by atoms with E-state index in [9.17, 15) is 9.59 Å². The van der Waals surface area contributed by atoms with Crippen molar-refractivity contribution < 1.29 is 19.4 Å². The molecule has 36 heavy (non-hydrogen) atoms. The predicted molar refractivity (Wildman–Crippen MR) is 133 cm³/mol. The zero-order chi connectivity index (χ0) is 25.1. The molecule has 0 atom stereocenters. The second kappa shape index (κ2) is 10.2. The van der Waals surface area contributed by atoms with Gasteiger partial charge in [-0.05, 0) is 48.2 Å². The first kappa shape index (κ1) is 23.6. The zero-order valence-corrected chi connectivity index (χ0v) is 20.0. The van der Waals surface area contributed by atoms with Crippen molar-refractivity contribution in [3.05, 3.63) is 59.0 Å². The van der Waals surface area contributed by atoms with Crippen molar-refractivity contribution in [3.8, 4) is 5.75 Å². The third-order valence-corrected chi connectivity index (χ3v) is 6.33. The number of pyridine rings is 1. The highest BCUT2D eigenvalue weighted by molar-refractivity contribution is 6.32. The number of halogens is 1. The Hall–Kier alpha value is -4.12. The Kier molecular flexibility index (Phi) is 6.72. The van der Waals surface area contributed by atoms with Crippen LogP contribution in [0.25, 0.3) is 0 Å². The summed E-state index contributed by atoms with van der Waals surface area (Å²) in [5, 5.41) is 15.9. The molecule has 2 aliphatic heterocycles. The number of nitrogens with one attached hydrogen (secondary N) is 2. The number of ether oxygens (including phenoxy) is 1. The van der Waals surface area contributed by atoms with E-state index in [2.05, 4.69) is 25.6 Å². The Bertz CT molecular complexity index is 1300. The number of amides is 2. The fourth-order valence-electron chi connectivity index (χ4n) is 4.12. The van der Waals surface area contributed by atoms with Gasteiger partial charge in [0.2, 0.25) is 5.95 Å². The lowest BCUT2D eigenvalue weighted by Gasteiger charge is -2.33. The van der Waals surface area contributed by atoms with Gasteiger partial charge < -0.3 is 30.3 Å². The number of carbonyl (C=O) groups excluding carboxylic acids is 1. The van der Waals surface area contributed by atoms with Crippen LogP contribution in [-0.4, -0.2) is 74.6 Å². The molecule has 11 nitrogen and oxygen atoms in total. The molecule has 0 saturated carbocycles. The van der Waals surface area contributed by atoms with Crippen LogP contribution in [0.1, 0.15) is 11.1 Å². The molecular weight excluding hydrogens is 486 g/mol. The van der Waals surface area contributed by atoms with Gasteiger partial charge in [0.15, 0.2) is 12.4 Å². The molecule has 0 spiro atoms. The van der Waals surface area contributed by atoms with Crippen molar-refractivity contribution in [2.45, 2.75) is 12.8 Å². The van der Waals surface area contributed by atoms with Crippen molar-refractivity contribution in [1.82, 2.24) is 24.8 Å². The fraction of sp³-hybridized carbons (Fsp3) is 0.292. The van der Waals surface area contributed by atoms with Crippen LogP contribution >= 0.6 is 11.6 Å². The number of nitrogens with zero attached hydrogens (tertiary/aromatic N) is 5. The smallest absolute Gasteiger partial charge is 0.407 e. The molecular formula is C24H24ClN7O4. The average Bonchev–Trinajstić information content (AvgIpc) is 2.89. The maximum absolute atomic E-state index is 12.7. The number of hydrogen-bond acceptors (Lipinski definition) is 8. The number of aromatic nitrogens is 3. The first-order chi connectivity index (χ1) is 17.4. The molecule has 3 aromatic rings. The van der Waals surface area contributed by atoms with Gasteiger partial charge in [0.25, 0.3) is 5.91 Å². The molecule has 1 aromatic carbocycles. The number of benzene rings is 1. The van der Waals surface area contributed by atoms with Crippen LogP contribution in [0.3, 0.4) is 0 Å². The number of hydrogen-bond donors (Lipinski definition) is 3. The number of piperazine rings is 1. The number of anilines is 4. The molecule has 12 heteroatoms. The topological polar surface area (TPSA) is 133 Å². The van der Waals surface area contributed by atoms with E-state index in [0.717, 1.165) is 22.5 Å². The Morgan fingerprint density at radius 3 is 2.61 bits per heavy atom. The highest BCUT2D eigenvalue weighted by Crippen LogP contribution is 2.30. The lowest BCUT2D eigenvalue weighted by atomic mass is 10.0. The van der Waals surface area contributed by atoms with Crippen LogP contribution in [0.5, 0.6) is 5.75 Å². The summed E-state index contributed by atoms with van der Waals surface area (Å²) >= 11 is 6.32. The molecule has 0 radical (unpaired) electrons. The van der Waals surface area contributed by atoms with Gasteiger partial charge in [-0.2, -0.15) is 4.98 Å². The fourth-order valence-corrected chi connectivity index (χ4v) is 4.26. The Labute approximate surface area is 212 Å². The summed E-state index contributed by atoms with van der Waals surface area (Å²) in [6.45, 7) is 1.16. The van der Waals surface area contributed by atoms with E-state index in [1.54, 1.807) is 11.1 Å². The maximum atomic E-state index is 12.7. The third-order valence-electron chi connectivity index (χ3n) is 6.06. The van der Waals surface area contributed by atoms with Crippen LogP contribution in [0.2, 0.25) is 5.02 Å². The molecule has 1 fully saturated rings. The van der Waals surface area contributed by atoms with Gasteiger partial charge in [-0.1, -0.05) is 11.6 Å². The highest BCUT2D eigenvalue weighted by Gasteiger charge is 2.24. The molecule has 0 aliphatic carbocycles. The predicted octanol–water partition coefficient (Wildman–Crippen LogP) is 3.31. The average molecular weight is 510 g/mol. The van der Waals surface area contributed by atoms with E-state index in [0.29, 0.717) is 61.6 Å². The Morgan fingerprint density at radius 2 is 1.81 bits per heavy atom. The molecule has 6 bridgehead atoms. The quantitative estimate of drug-likeness (QED) is 0.486. The summed E-state index contributed by atoms with van der Waals surface area (Å²) in [7, 11) is 0. The van der Waals surface area contributed by atoms with E-state index in [4.69, 9.17) is 21.4 Å². The molecule has 186 valence electrons. The minimum absolute atomic E-state index is 0.130. The zero-order valence-electron chi connectivity index (χ0n) is 19.3. The summed E-state index contributed by atoms with van der Waals surface area (Å²) in [5.41, 5.74) is 3.46. The molecule has 1 saturated heterocycles. The van der Waals surface area contributed by atoms with Gasteiger partial charge >= 0.3 is 6.09 Å². The van der Waals surface area contributed by atoms with Gasteiger partial charge in [0, 0.05) is 38.1 Å². The number of carboxylic acid groups (broad SMARTS) is 1. The van der Waals surface area contributed by atoms with E-state index >= 15 is 0 Å². The first-order valence-electron chi connectivity index (χ1n) is 11.5. The summed E-state index contributed by atoms with van der Waals surface area (Å²) in [6, 6.07) is 7.59. The van der Waals surface area contributed by atoms with Crippen LogP contribution in [-0.2, 0) is 17.6 Å². The molecule has 2 aromatic heterocycles. The normalized spacial score (nSPS) is 14.9. The van der Waals surface area contributed by atoms with Gasteiger partial charge in [0.05, 0.1) is 18.1 Å². The number of aryl methyl sites for hydroxylation is 2. The van der Waals surface area contributed by atoms with Gasteiger partial charge in [-0.3, -0.25) is 9.78 Å². The lowest BCUT2D eigenvalue weighted by Crippen LogP contribution is -2.51. The van der Waals surface area contributed by atoms with Gasteiger partial charge in [-0.15, -0.1) is 0 Å². The molecule has 5 rings (SSSR count). The second-order valence-electron chi connectivity index (χ2n) is 8.48. The van der Waals surface area contributed by atoms with Crippen molar-refractivity contribution in [2.75, 3.05) is 43.4 Å². The Morgan fingerprint density at radius 1 is 1.00 bits per heavy atom. The summed E-state index contributed by atoms with van der Waals surface area (Å²) in [4.78, 5) is 39.8. The van der Waals surface area contributed by atoms with Crippen molar-refractivity contribution in [2.24, 2.45) is 0 Å². The number of carbonyl (C=O) groups is 2. The van der Waals surface area contributed by atoms with Crippen LogP contribution in [0, 0.1) is 0 Å². The SMILES string of the molecule is O=C(O)N1CCN(C(=O)COc2ccc3cc2CCc2cncc(c2)Nc2ncc(Cl)c(n2)N3)CC1. The minimum Gasteiger partial charge on any atom is -0.483 e. The summed E-state index contributed by atoms with van der Waals surface area (Å²) < 4.78 is 5.95. The Balaban J connectivity index is 1.35. The van der Waals surface area contributed by atoms with Gasteiger partial charge in [-0.25, -0.2) is 9.78 Å². The highest BCUT2D eigenvalue weighted by atomic mass is 35.5. The molecule has 4 heterocycles. The van der Waals surface area contributed by atoms with E-state index in [1.165, 1.54) is 11.1 Å². The van der Waals surface area contributed by atoms with E-state index in [1.807, 2.05) is 30.5 Å².